The zero-order chi connectivity index (χ0) is 12.1. The third kappa shape index (κ3) is 4.29. The smallest absolute Gasteiger partial charge is 0.236 e. The molecular formula is C10H21N3O2. The van der Waals surface area contributed by atoms with Gasteiger partial charge in [-0.15, -0.1) is 0 Å². The van der Waals surface area contributed by atoms with Crippen molar-refractivity contribution in [3.8, 4) is 0 Å². The van der Waals surface area contributed by atoms with Crippen LogP contribution in [0.4, 0.5) is 0 Å². The monoisotopic (exact) mass is 215 g/mol. The van der Waals surface area contributed by atoms with Gasteiger partial charge >= 0.3 is 0 Å². The summed E-state index contributed by atoms with van der Waals surface area (Å²) >= 11 is 0. The van der Waals surface area contributed by atoms with Crippen molar-refractivity contribution in [3.63, 3.8) is 0 Å². The van der Waals surface area contributed by atoms with Crippen LogP contribution in [0.3, 0.4) is 0 Å². The molecule has 0 saturated heterocycles. The molecule has 0 aliphatic rings. The van der Waals surface area contributed by atoms with E-state index >= 15 is 0 Å². The molecule has 0 fully saturated rings. The van der Waals surface area contributed by atoms with Crippen LogP contribution in [-0.2, 0) is 9.59 Å². The molecular weight excluding hydrogens is 194 g/mol. The zero-order valence-corrected chi connectivity index (χ0v) is 10.1. The molecule has 1 atom stereocenters. The van der Waals surface area contributed by atoms with E-state index in [4.69, 9.17) is 0 Å². The summed E-state index contributed by atoms with van der Waals surface area (Å²) in [5, 5.41) is 8.12. The average molecular weight is 215 g/mol. The van der Waals surface area contributed by atoms with Crippen LogP contribution in [0, 0.1) is 5.41 Å². The van der Waals surface area contributed by atoms with Crippen molar-refractivity contribution in [2.24, 2.45) is 5.41 Å². The van der Waals surface area contributed by atoms with Crippen LogP contribution in [-0.4, -0.2) is 38.5 Å². The van der Waals surface area contributed by atoms with Crippen molar-refractivity contribution in [2.75, 3.05) is 20.6 Å². The summed E-state index contributed by atoms with van der Waals surface area (Å²) < 4.78 is 0. The Hall–Kier alpha value is -1.10. The molecule has 2 amide bonds. The third-order valence-corrected chi connectivity index (χ3v) is 2.37. The summed E-state index contributed by atoms with van der Waals surface area (Å²) in [6.07, 6.45) is 0. The molecule has 0 bridgehead atoms. The van der Waals surface area contributed by atoms with Gasteiger partial charge in [0.15, 0.2) is 0 Å². The van der Waals surface area contributed by atoms with E-state index in [2.05, 4.69) is 16.0 Å². The van der Waals surface area contributed by atoms with Crippen molar-refractivity contribution in [3.05, 3.63) is 0 Å². The van der Waals surface area contributed by atoms with Gasteiger partial charge in [-0.25, -0.2) is 0 Å². The summed E-state index contributed by atoms with van der Waals surface area (Å²) in [6, 6.07) is -0.245. The van der Waals surface area contributed by atoms with Crippen LogP contribution in [0.15, 0.2) is 0 Å². The normalized spacial score (nSPS) is 13.1. The second-order valence-corrected chi connectivity index (χ2v) is 4.19. The van der Waals surface area contributed by atoms with Gasteiger partial charge in [-0.05, 0) is 27.8 Å². The quantitative estimate of drug-likeness (QED) is 0.578. The van der Waals surface area contributed by atoms with Gasteiger partial charge in [0.05, 0.1) is 11.5 Å². The van der Waals surface area contributed by atoms with Gasteiger partial charge in [-0.1, -0.05) is 0 Å². The minimum atomic E-state index is -0.585. The summed E-state index contributed by atoms with van der Waals surface area (Å²) in [7, 11) is 3.30. The largest absolute Gasteiger partial charge is 0.359 e. The Bertz CT molecular complexity index is 239. The Labute approximate surface area is 91.0 Å². The SMILES string of the molecule is CNC(=O)C(C)(C)CNC(=O)C(C)NC. The lowest BCUT2D eigenvalue weighted by Crippen LogP contribution is -2.48. The van der Waals surface area contributed by atoms with Crippen molar-refractivity contribution in [1.29, 1.82) is 0 Å². The first-order chi connectivity index (χ1) is 6.85. The Morgan fingerprint density at radius 1 is 1.27 bits per heavy atom. The molecule has 0 aliphatic heterocycles. The summed E-state index contributed by atoms with van der Waals surface area (Å²) in [5.74, 6) is -0.186. The molecule has 15 heavy (non-hydrogen) atoms. The second-order valence-electron chi connectivity index (χ2n) is 4.19. The molecule has 5 heteroatoms. The Balaban J connectivity index is 4.15. The molecule has 88 valence electrons. The first-order valence-electron chi connectivity index (χ1n) is 5.02. The van der Waals surface area contributed by atoms with Crippen LogP contribution in [0.2, 0.25) is 0 Å². The molecule has 0 aliphatic carbocycles. The molecule has 3 N–H and O–H groups in total. The molecule has 0 aromatic rings. The lowest BCUT2D eigenvalue weighted by atomic mass is 9.92. The maximum absolute atomic E-state index is 11.4. The average Bonchev–Trinajstić information content (AvgIpc) is 2.23. The third-order valence-electron chi connectivity index (χ3n) is 2.37. The van der Waals surface area contributed by atoms with E-state index in [9.17, 15) is 9.59 Å². The van der Waals surface area contributed by atoms with Gasteiger partial charge in [0.2, 0.25) is 11.8 Å². The van der Waals surface area contributed by atoms with E-state index in [1.165, 1.54) is 0 Å². The molecule has 0 saturated carbocycles. The Morgan fingerprint density at radius 3 is 2.20 bits per heavy atom. The second kappa shape index (κ2) is 5.70. The van der Waals surface area contributed by atoms with E-state index < -0.39 is 5.41 Å². The number of carbonyl (C=O) groups excluding carboxylic acids is 2. The molecule has 5 nitrogen and oxygen atoms in total. The minimum absolute atomic E-state index is 0.0834. The number of amides is 2. The minimum Gasteiger partial charge on any atom is -0.359 e. The fraction of sp³-hybridized carbons (Fsp3) is 0.800. The highest BCUT2D eigenvalue weighted by atomic mass is 16.2. The maximum Gasteiger partial charge on any atom is 0.236 e. The van der Waals surface area contributed by atoms with Crippen LogP contribution < -0.4 is 16.0 Å². The van der Waals surface area contributed by atoms with Crippen LogP contribution >= 0.6 is 0 Å². The highest BCUT2D eigenvalue weighted by molar-refractivity contribution is 5.84. The molecule has 0 rings (SSSR count). The van der Waals surface area contributed by atoms with Crippen molar-refractivity contribution >= 4 is 11.8 Å². The number of hydrogen-bond donors (Lipinski definition) is 3. The number of likely N-dealkylation sites (N-methyl/N-ethyl adjacent to an activating group) is 1. The maximum atomic E-state index is 11.4. The fourth-order valence-corrected chi connectivity index (χ4v) is 1.01. The summed E-state index contributed by atoms with van der Waals surface area (Å²) in [4.78, 5) is 22.8. The highest BCUT2D eigenvalue weighted by Crippen LogP contribution is 2.12. The number of hydrogen-bond acceptors (Lipinski definition) is 3. The molecule has 0 aromatic heterocycles. The molecule has 1 unspecified atom stereocenters. The lowest BCUT2D eigenvalue weighted by Gasteiger charge is -2.23. The zero-order valence-electron chi connectivity index (χ0n) is 10.1. The Morgan fingerprint density at radius 2 is 1.80 bits per heavy atom. The van der Waals surface area contributed by atoms with Gasteiger partial charge < -0.3 is 16.0 Å². The van der Waals surface area contributed by atoms with Crippen molar-refractivity contribution < 1.29 is 9.59 Å². The summed E-state index contributed by atoms with van der Waals surface area (Å²) in [5.41, 5.74) is -0.585. The molecule has 0 spiro atoms. The van der Waals surface area contributed by atoms with Gasteiger partial charge in [-0.3, -0.25) is 9.59 Å². The number of rotatable bonds is 5. The van der Waals surface area contributed by atoms with Crippen molar-refractivity contribution in [1.82, 2.24) is 16.0 Å². The highest BCUT2D eigenvalue weighted by Gasteiger charge is 2.27. The van der Waals surface area contributed by atoms with Gasteiger partial charge in [0.25, 0.3) is 0 Å². The molecule has 0 heterocycles. The fourth-order valence-electron chi connectivity index (χ4n) is 1.01. The van der Waals surface area contributed by atoms with E-state index in [1.54, 1.807) is 34.9 Å². The standard InChI is InChI=1S/C10H21N3O2/c1-7(11-4)8(14)13-6-10(2,3)9(15)12-5/h7,11H,6H2,1-5H3,(H,12,15)(H,13,14). The molecule has 0 radical (unpaired) electrons. The van der Waals surface area contributed by atoms with E-state index in [-0.39, 0.29) is 17.9 Å². The number of carbonyl (C=O) groups is 2. The predicted molar refractivity (Wildman–Crippen MR) is 59.4 cm³/mol. The lowest BCUT2D eigenvalue weighted by molar-refractivity contribution is -0.129. The van der Waals surface area contributed by atoms with Gasteiger partial charge in [0.1, 0.15) is 0 Å². The van der Waals surface area contributed by atoms with Gasteiger partial charge in [-0.2, -0.15) is 0 Å². The predicted octanol–water partition coefficient (Wildman–Crippen LogP) is -0.517. The summed E-state index contributed by atoms with van der Waals surface area (Å²) in [6.45, 7) is 5.67. The van der Waals surface area contributed by atoms with E-state index in [0.717, 1.165) is 0 Å². The Kier molecular flexibility index (Phi) is 5.28. The van der Waals surface area contributed by atoms with Gasteiger partial charge in [0, 0.05) is 13.6 Å². The first kappa shape index (κ1) is 13.9. The first-order valence-corrected chi connectivity index (χ1v) is 5.02. The van der Waals surface area contributed by atoms with E-state index in [0.29, 0.717) is 6.54 Å². The topological polar surface area (TPSA) is 70.2 Å². The van der Waals surface area contributed by atoms with E-state index in [1.807, 2.05) is 0 Å². The molecule has 0 aromatic carbocycles. The van der Waals surface area contributed by atoms with Crippen LogP contribution in [0.5, 0.6) is 0 Å². The van der Waals surface area contributed by atoms with Crippen LogP contribution in [0.1, 0.15) is 20.8 Å². The van der Waals surface area contributed by atoms with Crippen molar-refractivity contribution in [2.45, 2.75) is 26.8 Å². The van der Waals surface area contributed by atoms with Crippen LogP contribution in [0.25, 0.3) is 0 Å². The number of nitrogens with one attached hydrogen (secondary N) is 3.